The topological polar surface area (TPSA) is 54.0 Å². The van der Waals surface area contributed by atoms with Gasteiger partial charge in [0.2, 0.25) is 0 Å². The lowest BCUT2D eigenvalue weighted by molar-refractivity contribution is 0.241. The van der Waals surface area contributed by atoms with Crippen LogP contribution in [0.5, 0.6) is 0 Å². The quantitative estimate of drug-likeness (QED) is 0.896. The van der Waals surface area contributed by atoms with Gasteiger partial charge in [0.25, 0.3) is 0 Å². The molecule has 1 aromatic heterocycles. The maximum absolute atomic E-state index is 12.1. The molecule has 0 bridgehead atoms. The van der Waals surface area contributed by atoms with Crippen LogP contribution in [0.1, 0.15) is 25.1 Å². The minimum Gasteiger partial charge on any atom is -0.327 e. The molecule has 0 aliphatic carbocycles. The van der Waals surface area contributed by atoms with Crippen LogP contribution in [0.2, 0.25) is 0 Å². The fraction of sp³-hybridized carbons (Fsp3) is 0.250. The molecule has 2 aromatic rings. The number of para-hydroxylation sites is 1. The van der Waals surface area contributed by atoms with Crippen molar-refractivity contribution in [3.8, 4) is 0 Å². The number of aryl methyl sites for hydroxylation is 1. The van der Waals surface area contributed by atoms with Gasteiger partial charge in [-0.25, -0.2) is 4.79 Å². The number of aromatic nitrogens is 1. The van der Waals surface area contributed by atoms with Crippen molar-refractivity contribution < 1.29 is 4.79 Å². The summed E-state index contributed by atoms with van der Waals surface area (Å²) in [6.45, 7) is 5.80. The zero-order chi connectivity index (χ0) is 14.6. The van der Waals surface area contributed by atoms with E-state index in [1.54, 1.807) is 6.20 Å². The number of pyridine rings is 1. The minimum atomic E-state index is -0.534. The predicted molar refractivity (Wildman–Crippen MR) is 80.6 cm³/mol. The van der Waals surface area contributed by atoms with E-state index in [0.717, 1.165) is 16.9 Å². The molecule has 0 unspecified atom stereocenters. The molecule has 2 N–H and O–H groups in total. The summed E-state index contributed by atoms with van der Waals surface area (Å²) in [5.74, 6) is 0. The fourth-order valence-electron chi connectivity index (χ4n) is 1.95. The van der Waals surface area contributed by atoms with E-state index in [1.807, 2.05) is 63.2 Å². The molecule has 0 saturated heterocycles. The van der Waals surface area contributed by atoms with Crippen LogP contribution in [-0.2, 0) is 5.54 Å². The van der Waals surface area contributed by atoms with Crippen molar-refractivity contribution in [2.45, 2.75) is 26.3 Å². The molecule has 0 aliphatic heterocycles. The van der Waals surface area contributed by atoms with Gasteiger partial charge in [0.1, 0.15) is 0 Å². The molecule has 4 nitrogen and oxygen atoms in total. The van der Waals surface area contributed by atoms with E-state index in [-0.39, 0.29) is 6.03 Å². The zero-order valence-corrected chi connectivity index (χ0v) is 12.0. The summed E-state index contributed by atoms with van der Waals surface area (Å²) < 4.78 is 0. The predicted octanol–water partition coefficient (Wildman–Crippen LogP) is 3.45. The van der Waals surface area contributed by atoms with Crippen LogP contribution in [-0.4, -0.2) is 11.0 Å². The first-order valence-corrected chi connectivity index (χ1v) is 6.55. The third-order valence-electron chi connectivity index (χ3n) is 3.12. The number of nitrogens with one attached hydrogen (secondary N) is 2. The summed E-state index contributed by atoms with van der Waals surface area (Å²) in [5.41, 5.74) is 2.12. The summed E-state index contributed by atoms with van der Waals surface area (Å²) in [5, 5.41) is 5.79. The van der Waals surface area contributed by atoms with Crippen molar-refractivity contribution in [2.75, 3.05) is 5.32 Å². The molecule has 0 radical (unpaired) electrons. The van der Waals surface area contributed by atoms with E-state index in [2.05, 4.69) is 15.6 Å². The standard InChI is InChI=1S/C16H19N3O/c1-12-8-4-5-9-13(12)18-15(20)19-16(2,3)14-10-6-7-11-17-14/h4-11H,1-3H3,(H2,18,19,20). The van der Waals surface area contributed by atoms with Gasteiger partial charge < -0.3 is 10.6 Å². The Morgan fingerprint density at radius 1 is 1.10 bits per heavy atom. The van der Waals surface area contributed by atoms with E-state index >= 15 is 0 Å². The Bertz CT molecular complexity index is 594. The zero-order valence-electron chi connectivity index (χ0n) is 12.0. The second kappa shape index (κ2) is 5.74. The lowest BCUT2D eigenvalue weighted by Gasteiger charge is -2.26. The maximum atomic E-state index is 12.1. The second-order valence-electron chi connectivity index (χ2n) is 5.23. The molecule has 4 heteroatoms. The largest absolute Gasteiger partial charge is 0.327 e. The Morgan fingerprint density at radius 2 is 1.80 bits per heavy atom. The molecule has 1 aromatic carbocycles. The van der Waals surface area contributed by atoms with Crippen molar-refractivity contribution >= 4 is 11.7 Å². The Hall–Kier alpha value is -2.36. The van der Waals surface area contributed by atoms with Crippen molar-refractivity contribution in [3.63, 3.8) is 0 Å². The summed E-state index contributed by atoms with van der Waals surface area (Å²) >= 11 is 0. The van der Waals surface area contributed by atoms with Gasteiger partial charge >= 0.3 is 6.03 Å². The summed E-state index contributed by atoms with van der Waals surface area (Å²) in [6.07, 6.45) is 1.72. The molecule has 104 valence electrons. The molecule has 0 atom stereocenters. The summed E-state index contributed by atoms with van der Waals surface area (Å²) in [7, 11) is 0. The Kier molecular flexibility index (Phi) is 4.03. The normalized spacial score (nSPS) is 10.9. The number of hydrogen-bond donors (Lipinski definition) is 2. The van der Waals surface area contributed by atoms with Gasteiger partial charge in [-0.1, -0.05) is 24.3 Å². The molecule has 0 spiro atoms. The second-order valence-corrected chi connectivity index (χ2v) is 5.23. The highest BCUT2D eigenvalue weighted by Gasteiger charge is 2.24. The van der Waals surface area contributed by atoms with E-state index < -0.39 is 5.54 Å². The van der Waals surface area contributed by atoms with Crippen LogP contribution >= 0.6 is 0 Å². The molecule has 1 heterocycles. The van der Waals surface area contributed by atoms with Crippen molar-refractivity contribution in [3.05, 3.63) is 59.9 Å². The number of amides is 2. The first-order chi connectivity index (χ1) is 9.49. The van der Waals surface area contributed by atoms with Crippen LogP contribution in [0.15, 0.2) is 48.7 Å². The van der Waals surface area contributed by atoms with Crippen molar-refractivity contribution in [2.24, 2.45) is 0 Å². The molecule has 0 fully saturated rings. The van der Waals surface area contributed by atoms with Crippen LogP contribution in [0.25, 0.3) is 0 Å². The highest BCUT2D eigenvalue weighted by molar-refractivity contribution is 5.90. The van der Waals surface area contributed by atoms with Crippen LogP contribution in [0.4, 0.5) is 10.5 Å². The summed E-state index contributed by atoms with van der Waals surface area (Å²) in [4.78, 5) is 16.4. The van der Waals surface area contributed by atoms with Crippen LogP contribution < -0.4 is 10.6 Å². The number of urea groups is 1. The molecule has 0 aliphatic rings. The molecule has 2 rings (SSSR count). The Labute approximate surface area is 119 Å². The van der Waals surface area contributed by atoms with Gasteiger partial charge in [0.05, 0.1) is 11.2 Å². The van der Waals surface area contributed by atoms with Crippen LogP contribution in [0, 0.1) is 6.92 Å². The number of rotatable bonds is 3. The average molecular weight is 269 g/mol. The first-order valence-electron chi connectivity index (χ1n) is 6.55. The van der Waals surface area contributed by atoms with Crippen molar-refractivity contribution in [1.29, 1.82) is 0 Å². The van der Waals surface area contributed by atoms with Gasteiger partial charge in [-0.15, -0.1) is 0 Å². The SMILES string of the molecule is Cc1ccccc1NC(=O)NC(C)(C)c1ccccn1. The number of nitrogens with zero attached hydrogens (tertiary/aromatic N) is 1. The molecular weight excluding hydrogens is 250 g/mol. The van der Waals surface area contributed by atoms with Gasteiger partial charge in [-0.2, -0.15) is 0 Å². The fourth-order valence-corrected chi connectivity index (χ4v) is 1.95. The monoisotopic (exact) mass is 269 g/mol. The van der Waals surface area contributed by atoms with Gasteiger partial charge in [-0.3, -0.25) is 4.98 Å². The number of hydrogen-bond acceptors (Lipinski definition) is 2. The first kappa shape index (κ1) is 14.1. The van der Waals surface area contributed by atoms with E-state index in [4.69, 9.17) is 0 Å². The average Bonchev–Trinajstić information content (AvgIpc) is 2.42. The third-order valence-corrected chi connectivity index (χ3v) is 3.12. The highest BCUT2D eigenvalue weighted by Crippen LogP contribution is 2.18. The van der Waals surface area contributed by atoms with Crippen LogP contribution in [0.3, 0.4) is 0 Å². The third kappa shape index (κ3) is 3.35. The maximum Gasteiger partial charge on any atom is 0.319 e. The Morgan fingerprint density at radius 3 is 2.45 bits per heavy atom. The lowest BCUT2D eigenvalue weighted by Crippen LogP contribution is -2.43. The molecule has 2 amide bonds. The molecular formula is C16H19N3O. The number of carbonyl (C=O) groups excluding carboxylic acids is 1. The van der Waals surface area contributed by atoms with Gasteiger partial charge in [0.15, 0.2) is 0 Å². The van der Waals surface area contributed by atoms with Gasteiger partial charge in [0, 0.05) is 11.9 Å². The summed E-state index contributed by atoms with van der Waals surface area (Å²) in [6, 6.07) is 13.1. The van der Waals surface area contributed by atoms with E-state index in [0.29, 0.717) is 0 Å². The van der Waals surface area contributed by atoms with E-state index in [9.17, 15) is 4.79 Å². The minimum absolute atomic E-state index is 0.241. The Balaban J connectivity index is 2.07. The molecule has 20 heavy (non-hydrogen) atoms. The number of benzene rings is 1. The smallest absolute Gasteiger partial charge is 0.319 e. The van der Waals surface area contributed by atoms with Crippen molar-refractivity contribution in [1.82, 2.24) is 10.3 Å². The van der Waals surface area contributed by atoms with E-state index in [1.165, 1.54) is 0 Å². The number of anilines is 1. The number of carbonyl (C=O) groups is 1. The highest BCUT2D eigenvalue weighted by atomic mass is 16.2. The molecule has 0 saturated carbocycles. The lowest BCUT2D eigenvalue weighted by atomic mass is 10.0. The van der Waals surface area contributed by atoms with Gasteiger partial charge in [-0.05, 0) is 44.5 Å².